The number of hydrogen-bond acceptors (Lipinski definition) is 3. The van der Waals surface area contributed by atoms with Gasteiger partial charge in [0.2, 0.25) is 11.8 Å². The largest absolute Gasteiger partial charge is 0.387 e. The second-order valence-corrected chi connectivity index (χ2v) is 5.17. The average Bonchev–Trinajstić information content (AvgIpc) is 2.59. The van der Waals surface area contributed by atoms with E-state index in [2.05, 4.69) is 17.2 Å². The molecule has 0 fully saturated rings. The molecular weight excluding hydrogens is 292 g/mol. The Hall–Kier alpha value is -2.66. The van der Waals surface area contributed by atoms with Crippen LogP contribution in [0, 0.1) is 0 Å². The fourth-order valence-electron chi connectivity index (χ4n) is 2.20. The van der Waals surface area contributed by atoms with Crippen molar-refractivity contribution in [3.63, 3.8) is 0 Å². The van der Waals surface area contributed by atoms with E-state index in [0.29, 0.717) is 0 Å². The minimum absolute atomic E-state index is 0.132. The van der Waals surface area contributed by atoms with Gasteiger partial charge < -0.3 is 15.7 Å². The maximum Gasteiger partial charge on any atom is 0.243 e. The smallest absolute Gasteiger partial charge is 0.243 e. The number of rotatable bonds is 7. The number of carbonyl (C=O) groups is 2. The molecule has 0 heterocycles. The van der Waals surface area contributed by atoms with Gasteiger partial charge in [-0.25, -0.2) is 0 Å². The van der Waals surface area contributed by atoms with Crippen LogP contribution in [0.1, 0.15) is 18.1 Å². The molecule has 1 atom stereocenters. The van der Waals surface area contributed by atoms with Crippen molar-refractivity contribution in [3.8, 4) is 0 Å². The summed E-state index contributed by atoms with van der Waals surface area (Å²) in [6.07, 6.45) is 0.539. The van der Waals surface area contributed by atoms with E-state index in [1.807, 2.05) is 42.5 Å². The van der Waals surface area contributed by atoms with Crippen molar-refractivity contribution >= 4 is 22.6 Å². The third kappa shape index (κ3) is 4.93. The molecule has 1 unspecified atom stereocenters. The van der Waals surface area contributed by atoms with Crippen LogP contribution in [-0.2, 0) is 9.59 Å². The molecule has 120 valence electrons. The Kier molecular flexibility index (Phi) is 5.88. The number of hydrogen-bond donors (Lipinski definition) is 3. The Morgan fingerprint density at radius 3 is 2.61 bits per heavy atom. The van der Waals surface area contributed by atoms with Crippen molar-refractivity contribution in [1.82, 2.24) is 10.6 Å². The van der Waals surface area contributed by atoms with Gasteiger partial charge in [0.05, 0.1) is 6.10 Å². The van der Waals surface area contributed by atoms with Crippen molar-refractivity contribution < 1.29 is 14.7 Å². The number of carbonyl (C=O) groups excluding carboxylic acids is 2. The molecule has 5 heteroatoms. The lowest BCUT2D eigenvalue weighted by molar-refractivity contribution is -0.121. The third-order valence-electron chi connectivity index (χ3n) is 3.49. The Bertz CT molecular complexity index is 712. The van der Waals surface area contributed by atoms with Crippen LogP contribution in [-0.4, -0.2) is 30.0 Å². The van der Waals surface area contributed by atoms with Gasteiger partial charge >= 0.3 is 0 Å². The molecule has 0 spiro atoms. The first kappa shape index (κ1) is 16.7. The summed E-state index contributed by atoms with van der Waals surface area (Å²) < 4.78 is 0. The SMILES string of the molecule is C=CC(=O)NCCC(=O)NCC(O)c1ccc2ccccc2c1. The first-order valence-corrected chi connectivity index (χ1v) is 7.44. The van der Waals surface area contributed by atoms with E-state index in [-0.39, 0.29) is 31.3 Å². The highest BCUT2D eigenvalue weighted by atomic mass is 16.3. The molecule has 23 heavy (non-hydrogen) atoms. The number of benzene rings is 2. The fourth-order valence-corrected chi connectivity index (χ4v) is 2.20. The maximum atomic E-state index is 11.7. The predicted octanol–water partition coefficient (Wildman–Crippen LogP) is 1.68. The van der Waals surface area contributed by atoms with Gasteiger partial charge in [0, 0.05) is 19.5 Å². The fraction of sp³-hybridized carbons (Fsp3) is 0.222. The van der Waals surface area contributed by atoms with Crippen molar-refractivity contribution in [1.29, 1.82) is 0 Å². The zero-order chi connectivity index (χ0) is 16.7. The summed E-state index contributed by atoms with van der Waals surface area (Å²) in [6.45, 7) is 3.70. The zero-order valence-electron chi connectivity index (χ0n) is 12.8. The van der Waals surface area contributed by atoms with Gasteiger partial charge in [-0.05, 0) is 28.5 Å². The van der Waals surface area contributed by atoms with Gasteiger partial charge in [-0.3, -0.25) is 9.59 Å². The average molecular weight is 312 g/mol. The quantitative estimate of drug-likeness (QED) is 0.681. The molecule has 0 aromatic heterocycles. The summed E-state index contributed by atoms with van der Waals surface area (Å²) in [7, 11) is 0. The Balaban J connectivity index is 1.83. The molecule has 0 bridgehead atoms. The van der Waals surface area contributed by atoms with Crippen LogP contribution < -0.4 is 10.6 Å². The molecule has 2 rings (SSSR count). The highest BCUT2D eigenvalue weighted by Crippen LogP contribution is 2.20. The molecule has 0 radical (unpaired) electrons. The molecule has 2 amide bonds. The van der Waals surface area contributed by atoms with E-state index in [0.717, 1.165) is 22.4 Å². The monoisotopic (exact) mass is 312 g/mol. The van der Waals surface area contributed by atoms with Crippen LogP contribution >= 0.6 is 0 Å². The molecule has 0 aliphatic heterocycles. The minimum atomic E-state index is -0.772. The van der Waals surface area contributed by atoms with Crippen molar-refractivity contribution in [2.45, 2.75) is 12.5 Å². The van der Waals surface area contributed by atoms with Crippen LogP contribution in [0.25, 0.3) is 10.8 Å². The summed E-state index contributed by atoms with van der Waals surface area (Å²) in [4.78, 5) is 22.6. The molecule has 0 saturated carbocycles. The first-order chi connectivity index (χ1) is 11.1. The van der Waals surface area contributed by atoms with Crippen LogP contribution in [0.3, 0.4) is 0 Å². The summed E-state index contributed by atoms with van der Waals surface area (Å²) >= 11 is 0. The number of fused-ring (bicyclic) bond motifs is 1. The van der Waals surface area contributed by atoms with Crippen molar-refractivity contribution in [3.05, 3.63) is 60.7 Å². The van der Waals surface area contributed by atoms with Gasteiger partial charge in [-0.2, -0.15) is 0 Å². The summed E-state index contributed by atoms with van der Waals surface area (Å²) in [6, 6.07) is 13.6. The molecular formula is C18H20N2O3. The second kappa shape index (κ2) is 8.10. The summed E-state index contributed by atoms with van der Waals surface area (Å²) in [5.41, 5.74) is 0.754. The zero-order valence-corrected chi connectivity index (χ0v) is 12.8. The predicted molar refractivity (Wildman–Crippen MR) is 89.7 cm³/mol. The lowest BCUT2D eigenvalue weighted by Gasteiger charge is -2.13. The van der Waals surface area contributed by atoms with Crippen molar-refractivity contribution in [2.75, 3.05) is 13.1 Å². The van der Waals surface area contributed by atoms with E-state index in [1.54, 1.807) is 0 Å². The molecule has 0 aliphatic carbocycles. The lowest BCUT2D eigenvalue weighted by Crippen LogP contribution is -2.32. The number of nitrogens with one attached hydrogen (secondary N) is 2. The first-order valence-electron chi connectivity index (χ1n) is 7.44. The van der Waals surface area contributed by atoms with E-state index >= 15 is 0 Å². The van der Waals surface area contributed by atoms with E-state index < -0.39 is 6.10 Å². The highest BCUT2D eigenvalue weighted by molar-refractivity contribution is 5.87. The van der Waals surface area contributed by atoms with E-state index in [4.69, 9.17) is 0 Å². The van der Waals surface area contributed by atoms with E-state index in [9.17, 15) is 14.7 Å². The normalized spacial score (nSPS) is 11.7. The van der Waals surface area contributed by atoms with Crippen LogP contribution in [0.2, 0.25) is 0 Å². The number of amides is 2. The summed E-state index contributed by atoms with van der Waals surface area (Å²) in [5.74, 6) is -0.539. The Labute approximate surface area is 135 Å². The molecule has 2 aromatic carbocycles. The molecule has 3 N–H and O–H groups in total. The molecule has 0 saturated heterocycles. The van der Waals surface area contributed by atoms with Gasteiger partial charge in [-0.1, -0.05) is 43.0 Å². The Morgan fingerprint density at radius 2 is 1.87 bits per heavy atom. The van der Waals surface area contributed by atoms with Gasteiger partial charge in [0.15, 0.2) is 0 Å². The van der Waals surface area contributed by atoms with Gasteiger partial charge in [-0.15, -0.1) is 0 Å². The van der Waals surface area contributed by atoms with E-state index in [1.165, 1.54) is 0 Å². The summed E-state index contributed by atoms with van der Waals surface area (Å²) in [5, 5.41) is 17.5. The standard InChI is InChI=1S/C18H20N2O3/c1-2-17(22)19-10-9-18(23)20-12-16(21)15-8-7-13-5-3-4-6-14(13)11-15/h2-8,11,16,21H,1,9-10,12H2,(H,19,22)(H,20,23). The lowest BCUT2D eigenvalue weighted by atomic mass is 10.0. The maximum absolute atomic E-state index is 11.7. The van der Waals surface area contributed by atoms with Gasteiger partial charge in [0.1, 0.15) is 0 Å². The molecule has 0 aliphatic rings. The third-order valence-corrected chi connectivity index (χ3v) is 3.49. The highest BCUT2D eigenvalue weighted by Gasteiger charge is 2.10. The minimum Gasteiger partial charge on any atom is -0.387 e. The van der Waals surface area contributed by atoms with Crippen molar-refractivity contribution in [2.24, 2.45) is 0 Å². The van der Waals surface area contributed by atoms with Crippen LogP contribution in [0.5, 0.6) is 0 Å². The topological polar surface area (TPSA) is 78.4 Å². The molecule has 2 aromatic rings. The number of aliphatic hydroxyl groups is 1. The van der Waals surface area contributed by atoms with Crippen LogP contribution in [0.15, 0.2) is 55.1 Å². The van der Waals surface area contributed by atoms with Crippen LogP contribution in [0.4, 0.5) is 0 Å². The Morgan fingerprint density at radius 1 is 1.13 bits per heavy atom. The number of aliphatic hydroxyl groups excluding tert-OH is 1. The second-order valence-electron chi connectivity index (χ2n) is 5.17. The van der Waals surface area contributed by atoms with Gasteiger partial charge in [0.25, 0.3) is 0 Å². The molecule has 5 nitrogen and oxygen atoms in total.